The summed E-state index contributed by atoms with van der Waals surface area (Å²) in [6, 6.07) is 5.87. The minimum absolute atomic E-state index is 0.107. The van der Waals surface area contributed by atoms with E-state index in [1.165, 1.54) is 0 Å². The first-order valence-electron chi connectivity index (χ1n) is 8.67. The van der Waals surface area contributed by atoms with Crippen molar-refractivity contribution >= 4 is 5.78 Å². The molecule has 0 radical (unpaired) electrons. The summed E-state index contributed by atoms with van der Waals surface area (Å²) in [5, 5.41) is 0. The van der Waals surface area contributed by atoms with Crippen LogP contribution >= 0.6 is 0 Å². The Morgan fingerprint density at radius 1 is 1.04 bits per heavy atom. The van der Waals surface area contributed by atoms with Crippen LogP contribution in [-0.2, 0) is 25.4 Å². The van der Waals surface area contributed by atoms with Crippen molar-refractivity contribution in [3.8, 4) is 0 Å². The number of hydrogen-bond acceptors (Lipinski definition) is 5. The van der Waals surface area contributed by atoms with E-state index in [9.17, 15) is 4.79 Å². The molecule has 1 aromatic rings. The van der Waals surface area contributed by atoms with Gasteiger partial charge < -0.3 is 18.9 Å². The first-order chi connectivity index (χ1) is 11.7. The zero-order valence-corrected chi connectivity index (χ0v) is 14.5. The van der Waals surface area contributed by atoms with Gasteiger partial charge >= 0.3 is 0 Å². The second kappa shape index (κ2) is 7.74. The van der Waals surface area contributed by atoms with Gasteiger partial charge in [0.25, 0.3) is 0 Å². The van der Waals surface area contributed by atoms with E-state index in [0.717, 1.165) is 42.4 Å². The zero-order chi connectivity index (χ0) is 17.0. The first-order valence-corrected chi connectivity index (χ1v) is 8.67. The number of carbonyl (C=O) groups excluding carboxylic acids is 1. The second-order valence-corrected chi connectivity index (χ2v) is 6.42. The fourth-order valence-corrected chi connectivity index (χ4v) is 3.64. The SMILES string of the molecule is COC(OC)c1cccc2c1C(=O)CCC1(CC2)OCCCCO1. The van der Waals surface area contributed by atoms with Gasteiger partial charge in [0.05, 0.1) is 13.2 Å². The average molecular weight is 334 g/mol. The van der Waals surface area contributed by atoms with Gasteiger partial charge in [-0.05, 0) is 24.8 Å². The molecule has 0 unspecified atom stereocenters. The van der Waals surface area contributed by atoms with Crippen LogP contribution < -0.4 is 0 Å². The summed E-state index contributed by atoms with van der Waals surface area (Å²) in [4.78, 5) is 12.9. The molecule has 1 aromatic carbocycles. The number of methoxy groups -OCH3 is 2. The summed E-state index contributed by atoms with van der Waals surface area (Å²) < 4.78 is 22.8. The van der Waals surface area contributed by atoms with Crippen LogP contribution in [0.25, 0.3) is 0 Å². The van der Waals surface area contributed by atoms with E-state index in [1.54, 1.807) is 14.2 Å². The van der Waals surface area contributed by atoms with E-state index < -0.39 is 12.1 Å². The predicted molar refractivity (Wildman–Crippen MR) is 89.0 cm³/mol. The molecule has 2 aliphatic rings. The standard InChI is InChI=1S/C19H26O5/c1-21-18(22-2)15-7-5-6-14-8-10-19(11-9-16(20)17(14)15)23-12-3-4-13-24-19/h5-7,18H,3-4,8-13H2,1-2H3. The van der Waals surface area contributed by atoms with Crippen LogP contribution in [0.15, 0.2) is 18.2 Å². The van der Waals surface area contributed by atoms with Crippen molar-refractivity contribution in [2.45, 2.75) is 50.6 Å². The molecule has 1 aliphatic carbocycles. The number of hydrogen-bond donors (Lipinski definition) is 0. The van der Waals surface area contributed by atoms with Crippen molar-refractivity contribution in [3.63, 3.8) is 0 Å². The number of aryl methyl sites for hydroxylation is 1. The zero-order valence-electron chi connectivity index (χ0n) is 14.5. The molecular weight excluding hydrogens is 308 g/mol. The number of Topliss-reactive ketones (excluding diaryl/α,β-unsaturated/α-hetero) is 1. The lowest BCUT2D eigenvalue weighted by Gasteiger charge is -2.34. The van der Waals surface area contributed by atoms with Crippen LogP contribution in [0.5, 0.6) is 0 Å². The first kappa shape index (κ1) is 17.5. The maximum absolute atomic E-state index is 12.9. The molecule has 0 bridgehead atoms. The minimum atomic E-state index is -0.609. The fourth-order valence-electron chi connectivity index (χ4n) is 3.64. The Hall–Kier alpha value is -1.27. The van der Waals surface area contributed by atoms with Crippen LogP contribution in [0.1, 0.15) is 59.9 Å². The van der Waals surface area contributed by atoms with E-state index >= 15 is 0 Å². The van der Waals surface area contributed by atoms with Gasteiger partial charge in [0.2, 0.25) is 0 Å². The van der Waals surface area contributed by atoms with Crippen LogP contribution in [0, 0.1) is 0 Å². The number of fused-ring (bicyclic) bond motifs is 1. The number of benzene rings is 1. The summed E-state index contributed by atoms with van der Waals surface area (Å²) in [5.74, 6) is -0.503. The molecule has 0 saturated carbocycles. The maximum atomic E-state index is 12.9. The van der Waals surface area contributed by atoms with Crippen LogP contribution in [0.4, 0.5) is 0 Å². The lowest BCUT2D eigenvalue weighted by atomic mass is 9.86. The van der Waals surface area contributed by atoms with Gasteiger partial charge in [-0.25, -0.2) is 0 Å². The number of ether oxygens (including phenoxy) is 4. The molecule has 1 saturated heterocycles. The van der Waals surface area contributed by atoms with Gasteiger partial charge in [-0.2, -0.15) is 0 Å². The molecule has 3 rings (SSSR count). The van der Waals surface area contributed by atoms with Gasteiger partial charge in [-0.1, -0.05) is 18.2 Å². The van der Waals surface area contributed by atoms with Crippen molar-refractivity contribution in [2.75, 3.05) is 27.4 Å². The summed E-state index contributed by atoms with van der Waals surface area (Å²) >= 11 is 0. The molecule has 1 aliphatic heterocycles. The lowest BCUT2D eigenvalue weighted by Crippen LogP contribution is -2.38. The second-order valence-electron chi connectivity index (χ2n) is 6.42. The highest BCUT2D eigenvalue weighted by molar-refractivity contribution is 5.99. The van der Waals surface area contributed by atoms with Gasteiger partial charge in [0, 0.05) is 44.6 Å². The Balaban J connectivity index is 1.92. The normalized spacial score (nSPS) is 21.2. The van der Waals surface area contributed by atoms with Crippen molar-refractivity contribution in [1.29, 1.82) is 0 Å². The molecule has 24 heavy (non-hydrogen) atoms. The van der Waals surface area contributed by atoms with Gasteiger partial charge in [0.1, 0.15) is 0 Å². The topological polar surface area (TPSA) is 54.0 Å². The third kappa shape index (κ3) is 3.54. The van der Waals surface area contributed by atoms with Crippen LogP contribution in [-0.4, -0.2) is 39.0 Å². The largest absolute Gasteiger partial charge is 0.352 e. The summed E-state index contributed by atoms with van der Waals surface area (Å²) in [6.07, 6.45) is 4.02. The number of ketones is 1. The molecule has 1 fully saturated rings. The summed E-state index contributed by atoms with van der Waals surface area (Å²) in [7, 11) is 3.17. The van der Waals surface area contributed by atoms with Gasteiger partial charge in [-0.15, -0.1) is 0 Å². The highest BCUT2D eigenvalue weighted by atomic mass is 16.7. The summed E-state index contributed by atoms with van der Waals surface area (Å²) in [5.41, 5.74) is 2.57. The van der Waals surface area contributed by atoms with Crippen molar-refractivity contribution in [2.24, 2.45) is 0 Å². The highest BCUT2D eigenvalue weighted by Gasteiger charge is 2.37. The molecule has 0 amide bonds. The monoisotopic (exact) mass is 334 g/mol. The smallest absolute Gasteiger partial charge is 0.183 e. The molecule has 1 spiro atoms. The average Bonchev–Trinajstić information content (AvgIpc) is 2.84. The Bertz CT molecular complexity index is 571. The molecule has 0 atom stereocenters. The van der Waals surface area contributed by atoms with Crippen LogP contribution in [0.2, 0.25) is 0 Å². The van der Waals surface area contributed by atoms with E-state index in [-0.39, 0.29) is 5.78 Å². The van der Waals surface area contributed by atoms with E-state index in [0.29, 0.717) is 26.1 Å². The minimum Gasteiger partial charge on any atom is -0.352 e. The summed E-state index contributed by atoms with van der Waals surface area (Å²) in [6.45, 7) is 1.41. The molecule has 0 aromatic heterocycles. The number of carbonyl (C=O) groups is 1. The van der Waals surface area contributed by atoms with Crippen molar-refractivity contribution in [3.05, 3.63) is 34.9 Å². The third-order valence-electron chi connectivity index (χ3n) is 4.92. The lowest BCUT2D eigenvalue weighted by molar-refractivity contribution is -0.232. The van der Waals surface area contributed by atoms with Crippen LogP contribution in [0.3, 0.4) is 0 Å². The third-order valence-corrected chi connectivity index (χ3v) is 4.92. The van der Waals surface area contributed by atoms with Crippen molar-refractivity contribution in [1.82, 2.24) is 0 Å². The Morgan fingerprint density at radius 3 is 2.38 bits per heavy atom. The van der Waals surface area contributed by atoms with E-state index in [2.05, 4.69) is 0 Å². The van der Waals surface area contributed by atoms with Gasteiger partial charge in [-0.3, -0.25) is 4.79 Å². The highest BCUT2D eigenvalue weighted by Crippen LogP contribution is 2.35. The molecule has 5 heteroatoms. The molecular formula is C19H26O5. The Morgan fingerprint density at radius 2 is 1.71 bits per heavy atom. The molecule has 1 heterocycles. The van der Waals surface area contributed by atoms with E-state index in [4.69, 9.17) is 18.9 Å². The number of rotatable bonds is 3. The predicted octanol–water partition coefficient (Wildman–Crippen LogP) is 3.41. The quantitative estimate of drug-likeness (QED) is 0.793. The Labute approximate surface area is 143 Å². The van der Waals surface area contributed by atoms with Gasteiger partial charge in [0.15, 0.2) is 17.9 Å². The molecule has 5 nitrogen and oxygen atoms in total. The van der Waals surface area contributed by atoms with E-state index in [1.807, 2.05) is 18.2 Å². The molecule has 0 N–H and O–H groups in total. The molecule has 132 valence electrons. The fraction of sp³-hybridized carbons (Fsp3) is 0.632. The van der Waals surface area contributed by atoms with Crippen molar-refractivity contribution < 1.29 is 23.7 Å². The Kier molecular flexibility index (Phi) is 5.66. The maximum Gasteiger partial charge on any atom is 0.183 e.